The maximum absolute atomic E-state index is 12.6. The van der Waals surface area contributed by atoms with E-state index in [9.17, 15) is 4.79 Å². The molecule has 4 rings (SSSR count). The highest BCUT2D eigenvalue weighted by Crippen LogP contribution is 2.37. The Balaban J connectivity index is 1.58. The van der Waals surface area contributed by atoms with Crippen LogP contribution in [0.2, 0.25) is 0 Å². The summed E-state index contributed by atoms with van der Waals surface area (Å²) in [5, 5.41) is 6.77. The lowest BCUT2D eigenvalue weighted by molar-refractivity contribution is -0.116. The highest BCUT2D eigenvalue weighted by Gasteiger charge is 2.41. The van der Waals surface area contributed by atoms with Crippen LogP contribution in [0.15, 0.2) is 73.1 Å². The standard InChI is InChI=1S/C20H19N5OS/c26-17(23-14-7-2-1-3-8-14)13-25-19(16-10-6-12-22-16)18(24-20(25)27)15-9-4-5-11-21-15/h1-12,18-19,22H,13H2,(H,23,26)(H,24,27)/t18-,19-/m0/s1. The van der Waals surface area contributed by atoms with Crippen LogP contribution < -0.4 is 10.6 Å². The summed E-state index contributed by atoms with van der Waals surface area (Å²) < 4.78 is 0. The number of aromatic nitrogens is 2. The lowest BCUT2D eigenvalue weighted by Crippen LogP contribution is -2.37. The molecule has 2 aromatic heterocycles. The Morgan fingerprint density at radius 1 is 1.11 bits per heavy atom. The summed E-state index contributed by atoms with van der Waals surface area (Å²) in [7, 11) is 0. The van der Waals surface area contributed by atoms with E-state index in [4.69, 9.17) is 12.2 Å². The minimum absolute atomic E-state index is 0.122. The van der Waals surface area contributed by atoms with Gasteiger partial charge in [0, 0.05) is 23.8 Å². The third-order valence-corrected chi connectivity index (χ3v) is 4.86. The Kier molecular flexibility index (Phi) is 4.84. The van der Waals surface area contributed by atoms with E-state index in [1.54, 1.807) is 6.20 Å². The lowest BCUT2D eigenvalue weighted by Gasteiger charge is -2.26. The summed E-state index contributed by atoms with van der Waals surface area (Å²) >= 11 is 5.54. The Morgan fingerprint density at radius 2 is 1.93 bits per heavy atom. The molecule has 3 aromatic rings. The zero-order valence-electron chi connectivity index (χ0n) is 14.5. The second kappa shape index (κ2) is 7.59. The first-order chi connectivity index (χ1) is 13.2. The third kappa shape index (κ3) is 3.68. The Bertz CT molecular complexity index is 914. The molecular weight excluding hydrogens is 358 g/mol. The van der Waals surface area contributed by atoms with Crippen LogP contribution in [0.4, 0.5) is 5.69 Å². The Morgan fingerprint density at radius 3 is 2.63 bits per heavy atom. The van der Waals surface area contributed by atoms with Gasteiger partial charge in [0.05, 0.1) is 17.8 Å². The molecule has 1 fully saturated rings. The van der Waals surface area contributed by atoms with Crippen LogP contribution in [0.1, 0.15) is 23.5 Å². The smallest absolute Gasteiger partial charge is 0.244 e. The van der Waals surface area contributed by atoms with Crippen molar-refractivity contribution in [2.24, 2.45) is 0 Å². The van der Waals surface area contributed by atoms with Gasteiger partial charge >= 0.3 is 0 Å². The van der Waals surface area contributed by atoms with Crippen molar-refractivity contribution >= 4 is 28.9 Å². The van der Waals surface area contributed by atoms with Gasteiger partial charge in [-0.1, -0.05) is 24.3 Å². The first-order valence-electron chi connectivity index (χ1n) is 8.68. The topological polar surface area (TPSA) is 73.0 Å². The van der Waals surface area contributed by atoms with Gasteiger partial charge < -0.3 is 20.5 Å². The fraction of sp³-hybridized carbons (Fsp3) is 0.150. The Hall–Kier alpha value is -3.19. The van der Waals surface area contributed by atoms with Crippen molar-refractivity contribution < 1.29 is 4.79 Å². The number of pyridine rings is 1. The van der Waals surface area contributed by atoms with Crippen molar-refractivity contribution in [3.8, 4) is 0 Å². The van der Waals surface area contributed by atoms with Crippen molar-refractivity contribution in [3.05, 3.63) is 84.4 Å². The highest BCUT2D eigenvalue weighted by molar-refractivity contribution is 7.80. The van der Waals surface area contributed by atoms with Gasteiger partial charge in [-0.3, -0.25) is 9.78 Å². The number of para-hydroxylation sites is 1. The molecule has 27 heavy (non-hydrogen) atoms. The second-order valence-electron chi connectivity index (χ2n) is 6.29. The van der Waals surface area contributed by atoms with Crippen molar-refractivity contribution in [1.29, 1.82) is 0 Å². The molecule has 1 aromatic carbocycles. The van der Waals surface area contributed by atoms with Gasteiger partial charge in [-0.2, -0.15) is 0 Å². The zero-order valence-corrected chi connectivity index (χ0v) is 15.3. The number of rotatable bonds is 5. The SMILES string of the molecule is O=C(CN1C(=S)N[C@@H](c2ccccn2)[C@@H]1c1ccc[nH]1)Nc1ccccc1. The predicted molar refractivity (Wildman–Crippen MR) is 108 cm³/mol. The van der Waals surface area contributed by atoms with Gasteiger partial charge in [0.25, 0.3) is 0 Å². The van der Waals surface area contributed by atoms with E-state index in [0.717, 1.165) is 17.1 Å². The maximum atomic E-state index is 12.6. The molecule has 1 amide bonds. The molecule has 0 bridgehead atoms. The van der Waals surface area contributed by atoms with E-state index in [1.165, 1.54) is 0 Å². The average molecular weight is 377 g/mol. The monoisotopic (exact) mass is 377 g/mol. The molecule has 0 saturated carbocycles. The predicted octanol–water partition coefficient (Wildman–Crippen LogP) is 3.02. The number of nitrogens with zero attached hydrogens (tertiary/aromatic N) is 2. The molecule has 1 aliphatic heterocycles. The highest BCUT2D eigenvalue weighted by atomic mass is 32.1. The molecule has 0 aliphatic carbocycles. The molecule has 1 aliphatic rings. The number of amides is 1. The van der Waals surface area contributed by atoms with Crippen LogP contribution in [0.25, 0.3) is 0 Å². The van der Waals surface area contributed by atoms with Gasteiger partial charge in [-0.25, -0.2) is 0 Å². The quantitative estimate of drug-likeness (QED) is 0.596. The number of carbonyl (C=O) groups is 1. The second-order valence-corrected chi connectivity index (χ2v) is 6.68. The average Bonchev–Trinajstić information content (AvgIpc) is 3.32. The zero-order chi connectivity index (χ0) is 18.6. The lowest BCUT2D eigenvalue weighted by atomic mass is 10.0. The molecule has 7 heteroatoms. The van der Waals surface area contributed by atoms with Gasteiger partial charge in [0.15, 0.2) is 5.11 Å². The molecule has 2 atom stereocenters. The first kappa shape index (κ1) is 17.2. The van der Waals surface area contributed by atoms with E-state index in [0.29, 0.717) is 5.11 Å². The number of aromatic amines is 1. The van der Waals surface area contributed by atoms with Crippen molar-refractivity contribution in [1.82, 2.24) is 20.2 Å². The maximum Gasteiger partial charge on any atom is 0.244 e. The van der Waals surface area contributed by atoms with Gasteiger partial charge in [0.2, 0.25) is 5.91 Å². The summed E-state index contributed by atoms with van der Waals surface area (Å²) in [6.07, 6.45) is 3.63. The molecular formula is C20H19N5OS. The van der Waals surface area contributed by atoms with Gasteiger partial charge in [0.1, 0.15) is 6.54 Å². The van der Waals surface area contributed by atoms with Crippen LogP contribution in [-0.4, -0.2) is 32.4 Å². The normalized spacial score (nSPS) is 19.0. The number of H-pyrrole nitrogens is 1. The largest absolute Gasteiger partial charge is 0.363 e. The molecule has 3 N–H and O–H groups in total. The molecule has 0 radical (unpaired) electrons. The van der Waals surface area contributed by atoms with Crippen LogP contribution in [0, 0.1) is 0 Å². The molecule has 0 spiro atoms. The summed E-state index contributed by atoms with van der Waals surface area (Å²) in [4.78, 5) is 22.2. The number of benzene rings is 1. The minimum Gasteiger partial charge on any atom is -0.363 e. The van der Waals surface area contributed by atoms with Gasteiger partial charge in [-0.05, 0) is 48.6 Å². The molecule has 6 nitrogen and oxygen atoms in total. The van der Waals surface area contributed by atoms with E-state index in [1.807, 2.05) is 71.8 Å². The van der Waals surface area contributed by atoms with Gasteiger partial charge in [-0.15, -0.1) is 0 Å². The number of hydrogen-bond donors (Lipinski definition) is 3. The molecule has 0 unspecified atom stereocenters. The fourth-order valence-electron chi connectivity index (χ4n) is 3.32. The Labute approximate surface area is 162 Å². The van der Waals surface area contributed by atoms with Crippen LogP contribution in [-0.2, 0) is 4.79 Å². The number of carbonyl (C=O) groups excluding carboxylic acids is 1. The van der Waals surface area contributed by atoms with E-state index < -0.39 is 0 Å². The van der Waals surface area contributed by atoms with Crippen molar-refractivity contribution in [2.45, 2.75) is 12.1 Å². The van der Waals surface area contributed by atoms with E-state index in [-0.39, 0.29) is 24.5 Å². The number of anilines is 1. The fourth-order valence-corrected chi connectivity index (χ4v) is 3.62. The molecule has 1 saturated heterocycles. The number of thiocarbonyl (C=S) groups is 1. The van der Waals surface area contributed by atoms with E-state index in [2.05, 4.69) is 20.6 Å². The van der Waals surface area contributed by atoms with Crippen molar-refractivity contribution in [2.75, 3.05) is 11.9 Å². The molecule has 3 heterocycles. The summed E-state index contributed by atoms with van der Waals surface area (Å²) in [6.45, 7) is 0.147. The number of hydrogen-bond acceptors (Lipinski definition) is 3. The summed E-state index contributed by atoms with van der Waals surface area (Å²) in [5.74, 6) is -0.122. The summed E-state index contributed by atoms with van der Waals surface area (Å²) in [5.41, 5.74) is 2.62. The van der Waals surface area contributed by atoms with Crippen LogP contribution in [0.5, 0.6) is 0 Å². The van der Waals surface area contributed by atoms with E-state index >= 15 is 0 Å². The molecule has 136 valence electrons. The third-order valence-electron chi connectivity index (χ3n) is 4.51. The summed E-state index contributed by atoms with van der Waals surface area (Å²) in [6, 6.07) is 18.8. The first-order valence-corrected chi connectivity index (χ1v) is 9.09. The number of nitrogens with one attached hydrogen (secondary N) is 3. The van der Waals surface area contributed by atoms with Crippen LogP contribution >= 0.6 is 12.2 Å². The van der Waals surface area contributed by atoms with Crippen LogP contribution in [0.3, 0.4) is 0 Å². The van der Waals surface area contributed by atoms with Crippen molar-refractivity contribution in [3.63, 3.8) is 0 Å². The minimum atomic E-state index is -0.149.